The molecular formula is C19H21NO3. The summed E-state index contributed by atoms with van der Waals surface area (Å²) in [6, 6.07) is 5.25. The van der Waals surface area contributed by atoms with E-state index in [1.54, 1.807) is 25.2 Å². The maximum absolute atomic E-state index is 12.6. The summed E-state index contributed by atoms with van der Waals surface area (Å²) in [5.74, 6) is -0.134. The molecule has 4 nitrogen and oxygen atoms in total. The quantitative estimate of drug-likeness (QED) is 0.937. The number of hydrogen-bond donors (Lipinski definition) is 1. The Morgan fingerprint density at radius 1 is 1.35 bits per heavy atom. The van der Waals surface area contributed by atoms with Crippen molar-refractivity contribution in [1.29, 1.82) is 0 Å². The van der Waals surface area contributed by atoms with Crippen LogP contribution in [0.5, 0.6) is 0 Å². The van der Waals surface area contributed by atoms with E-state index >= 15 is 0 Å². The molecule has 1 heterocycles. The van der Waals surface area contributed by atoms with Gasteiger partial charge in [0.25, 0.3) is 0 Å². The average Bonchev–Trinajstić information content (AvgIpc) is 2.56. The van der Waals surface area contributed by atoms with Crippen LogP contribution in [0.15, 0.2) is 39.1 Å². The van der Waals surface area contributed by atoms with Crippen LogP contribution in [0.1, 0.15) is 26.3 Å². The van der Waals surface area contributed by atoms with Gasteiger partial charge in [0.2, 0.25) is 5.91 Å². The number of benzene rings is 1. The van der Waals surface area contributed by atoms with Crippen molar-refractivity contribution in [3.63, 3.8) is 0 Å². The maximum Gasteiger partial charge on any atom is 0.224 e. The lowest BCUT2D eigenvalue weighted by atomic mass is 10.1. The highest BCUT2D eigenvalue weighted by atomic mass is 16.3. The van der Waals surface area contributed by atoms with Crippen LogP contribution in [-0.2, 0) is 11.2 Å². The Kier molecular flexibility index (Phi) is 4.84. The van der Waals surface area contributed by atoms with Crippen molar-refractivity contribution >= 4 is 29.0 Å². The highest BCUT2D eigenvalue weighted by molar-refractivity contribution is 5.86. The lowest BCUT2D eigenvalue weighted by Crippen LogP contribution is -2.39. The van der Waals surface area contributed by atoms with Crippen LogP contribution in [0.3, 0.4) is 0 Å². The lowest BCUT2D eigenvalue weighted by Gasteiger charge is -2.07. The predicted octanol–water partition coefficient (Wildman–Crippen LogP) is 1.63. The van der Waals surface area contributed by atoms with Crippen molar-refractivity contribution in [2.24, 2.45) is 0 Å². The molecule has 0 spiro atoms. The van der Waals surface area contributed by atoms with E-state index in [0.29, 0.717) is 27.2 Å². The van der Waals surface area contributed by atoms with E-state index in [9.17, 15) is 9.59 Å². The first-order valence-corrected chi connectivity index (χ1v) is 7.49. The van der Waals surface area contributed by atoms with E-state index in [2.05, 4.69) is 11.9 Å². The fourth-order valence-corrected chi connectivity index (χ4v) is 2.41. The SMILES string of the molecule is C=c1c(=O)c2cccc(CC(=O)NC)c2o/c1=C(C)/C(C)=C\C. The average molecular weight is 311 g/mol. The van der Waals surface area contributed by atoms with Crippen LogP contribution in [0, 0.1) is 0 Å². The number of fused-ring (bicyclic) bond motifs is 1. The normalized spacial score (nSPS) is 13.1. The third-order valence-electron chi connectivity index (χ3n) is 4.09. The van der Waals surface area contributed by atoms with Crippen molar-refractivity contribution in [2.75, 3.05) is 7.05 Å². The van der Waals surface area contributed by atoms with Crippen LogP contribution in [-0.4, -0.2) is 13.0 Å². The first-order valence-electron chi connectivity index (χ1n) is 7.49. The van der Waals surface area contributed by atoms with Crippen molar-refractivity contribution in [1.82, 2.24) is 5.32 Å². The predicted molar refractivity (Wildman–Crippen MR) is 93.5 cm³/mol. The van der Waals surface area contributed by atoms with Gasteiger partial charge in [0.05, 0.1) is 17.0 Å². The number of carbonyl (C=O) groups excluding carboxylic acids is 1. The molecule has 0 radical (unpaired) electrons. The molecule has 0 saturated carbocycles. The number of para-hydroxylation sites is 1. The molecule has 120 valence electrons. The largest absolute Gasteiger partial charge is 0.455 e. The summed E-state index contributed by atoms with van der Waals surface area (Å²) in [5, 5.41) is 3.37. The van der Waals surface area contributed by atoms with Crippen LogP contribution in [0.4, 0.5) is 0 Å². The van der Waals surface area contributed by atoms with E-state index in [4.69, 9.17) is 4.42 Å². The molecule has 0 saturated heterocycles. The number of amides is 1. The van der Waals surface area contributed by atoms with Crippen molar-refractivity contribution < 1.29 is 9.21 Å². The summed E-state index contributed by atoms with van der Waals surface area (Å²) in [6.07, 6.45) is 2.11. The number of likely N-dealkylation sites (N-methyl/N-ethyl adjacent to an activating group) is 1. The van der Waals surface area contributed by atoms with E-state index < -0.39 is 0 Å². The number of rotatable bonds is 3. The van der Waals surface area contributed by atoms with Crippen LogP contribution in [0.25, 0.3) is 23.1 Å². The molecule has 0 unspecified atom stereocenters. The van der Waals surface area contributed by atoms with Crippen molar-refractivity contribution in [3.8, 4) is 0 Å². The Morgan fingerprint density at radius 3 is 2.65 bits per heavy atom. The van der Waals surface area contributed by atoms with Gasteiger partial charge in [0.15, 0.2) is 5.43 Å². The minimum Gasteiger partial charge on any atom is -0.455 e. The Bertz CT molecular complexity index is 964. The summed E-state index contributed by atoms with van der Waals surface area (Å²) in [5.41, 5.74) is 3.33. The van der Waals surface area contributed by atoms with Crippen molar-refractivity contribution in [2.45, 2.75) is 27.2 Å². The van der Waals surface area contributed by atoms with Gasteiger partial charge < -0.3 is 9.73 Å². The zero-order valence-electron chi connectivity index (χ0n) is 13.9. The van der Waals surface area contributed by atoms with Gasteiger partial charge in [-0.15, -0.1) is 0 Å². The Labute approximate surface area is 134 Å². The van der Waals surface area contributed by atoms with E-state index in [-0.39, 0.29) is 17.8 Å². The second-order valence-electron chi connectivity index (χ2n) is 5.48. The van der Waals surface area contributed by atoms with Crippen molar-refractivity contribution in [3.05, 3.63) is 56.3 Å². The van der Waals surface area contributed by atoms with E-state index in [0.717, 1.165) is 11.1 Å². The number of nitrogens with one attached hydrogen (secondary N) is 1. The second kappa shape index (κ2) is 6.65. The zero-order valence-corrected chi connectivity index (χ0v) is 13.9. The molecule has 0 bridgehead atoms. The number of hydrogen-bond acceptors (Lipinski definition) is 3. The van der Waals surface area contributed by atoms with Gasteiger partial charge in [-0.05, 0) is 38.0 Å². The number of allylic oxidation sites excluding steroid dienone is 2. The molecule has 2 aromatic rings. The molecule has 2 rings (SSSR count). The molecule has 4 heteroatoms. The van der Waals surface area contributed by atoms with Gasteiger partial charge in [-0.2, -0.15) is 0 Å². The summed E-state index contributed by atoms with van der Waals surface area (Å²) in [6.45, 7) is 9.66. The molecule has 23 heavy (non-hydrogen) atoms. The van der Waals surface area contributed by atoms with Crippen LogP contribution in [0.2, 0.25) is 0 Å². The molecule has 0 fully saturated rings. The molecule has 1 amide bonds. The molecule has 1 N–H and O–H groups in total. The van der Waals surface area contributed by atoms with Crippen LogP contribution >= 0.6 is 0 Å². The number of carbonyl (C=O) groups is 1. The fraction of sp³-hybridized carbons (Fsp3) is 0.263. The molecule has 1 aromatic carbocycles. The molecule has 0 atom stereocenters. The fourth-order valence-electron chi connectivity index (χ4n) is 2.41. The van der Waals surface area contributed by atoms with Gasteiger partial charge >= 0.3 is 0 Å². The van der Waals surface area contributed by atoms with Gasteiger partial charge in [-0.25, -0.2) is 0 Å². The summed E-state index contributed by atoms with van der Waals surface area (Å²) >= 11 is 0. The molecular weight excluding hydrogens is 290 g/mol. The highest BCUT2D eigenvalue weighted by Gasteiger charge is 2.12. The van der Waals surface area contributed by atoms with Gasteiger partial charge in [0.1, 0.15) is 11.0 Å². The van der Waals surface area contributed by atoms with E-state index in [1.807, 2.05) is 26.8 Å². The third-order valence-corrected chi connectivity index (χ3v) is 4.09. The summed E-state index contributed by atoms with van der Waals surface area (Å²) in [7, 11) is 1.58. The lowest BCUT2D eigenvalue weighted by molar-refractivity contribution is -0.119. The topological polar surface area (TPSA) is 59.3 Å². The van der Waals surface area contributed by atoms with E-state index in [1.165, 1.54) is 0 Å². The molecule has 0 aliphatic rings. The van der Waals surface area contributed by atoms with Gasteiger partial charge in [0, 0.05) is 12.6 Å². The first-order chi connectivity index (χ1) is 10.9. The Morgan fingerprint density at radius 2 is 2.04 bits per heavy atom. The highest BCUT2D eigenvalue weighted by Crippen LogP contribution is 2.15. The van der Waals surface area contributed by atoms with Gasteiger partial charge in [-0.1, -0.05) is 24.8 Å². The minimum absolute atomic E-state index is 0.134. The van der Waals surface area contributed by atoms with Crippen LogP contribution < -0.4 is 21.4 Å². The summed E-state index contributed by atoms with van der Waals surface area (Å²) < 4.78 is 6.01. The maximum atomic E-state index is 12.6. The summed E-state index contributed by atoms with van der Waals surface area (Å²) in [4.78, 5) is 24.3. The standard InChI is InChI=1S/C19H21NO3/c1-6-11(2)12(3)18-13(4)17(22)15-9-7-8-14(19(15)23-18)10-16(21)20-5/h6-9H,4,10H2,1-3,5H3,(H,20,21)/b11-6-,18-12+. The monoisotopic (exact) mass is 311 g/mol. The third kappa shape index (κ3) is 3.11. The smallest absolute Gasteiger partial charge is 0.224 e. The first kappa shape index (κ1) is 16.7. The zero-order chi connectivity index (χ0) is 17.1. The molecule has 0 aliphatic heterocycles. The molecule has 0 aliphatic carbocycles. The Balaban J connectivity index is 2.92. The Hall–Kier alpha value is -2.62. The van der Waals surface area contributed by atoms with Gasteiger partial charge in [-0.3, -0.25) is 9.59 Å². The second-order valence-corrected chi connectivity index (χ2v) is 5.48. The molecule has 1 aromatic heterocycles. The minimum atomic E-state index is -0.164.